The summed E-state index contributed by atoms with van der Waals surface area (Å²) in [5.74, 6) is -2.95. The molecule has 38 heavy (non-hydrogen) atoms. The van der Waals surface area contributed by atoms with E-state index in [1.165, 1.54) is 10.6 Å². The van der Waals surface area contributed by atoms with Crippen LogP contribution in [0.1, 0.15) is 62.2 Å². The fourth-order valence-electron chi connectivity index (χ4n) is 4.54. The first kappa shape index (κ1) is 26.3. The number of carboxylic acids is 2. The third-order valence-corrected chi connectivity index (χ3v) is 6.43. The molecule has 0 aliphatic rings. The number of benzene rings is 3. The van der Waals surface area contributed by atoms with Gasteiger partial charge in [0.2, 0.25) is 5.91 Å². The summed E-state index contributed by atoms with van der Waals surface area (Å²) in [6.45, 7) is 2.04. The van der Waals surface area contributed by atoms with Crippen LogP contribution in [0.2, 0.25) is 0 Å². The van der Waals surface area contributed by atoms with Crippen molar-refractivity contribution in [2.45, 2.75) is 39.2 Å². The van der Waals surface area contributed by atoms with Gasteiger partial charge in [-0.1, -0.05) is 86.1 Å². The van der Waals surface area contributed by atoms with Gasteiger partial charge in [-0.05, 0) is 41.2 Å². The standard InChI is InChI=1S/C30H28N2O6/c1-2-3-13-25-27(29(36)37)32(26(33)18-20-9-5-4-6-10-20)30(38)31(25)19-21-14-16-22(17-15-21)23-11-7-8-12-24(23)28(34)35/h4-12,14-17H,2-3,13,18-19H2,1H3,(H,34,35)(H,36,37). The van der Waals surface area contributed by atoms with Gasteiger partial charge in [-0.25, -0.2) is 19.0 Å². The third-order valence-electron chi connectivity index (χ3n) is 6.43. The molecule has 0 saturated heterocycles. The second kappa shape index (κ2) is 11.6. The number of aromatic carboxylic acids is 2. The van der Waals surface area contributed by atoms with Gasteiger partial charge in [-0.2, -0.15) is 0 Å². The highest BCUT2D eigenvalue weighted by atomic mass is 16.4. The molecule has 4 rings (SSSR count). The Morgan fingerprint density at radius 2 is 1.45 bits per heavy atom. The van der Waals surface area contributed by atoms with E-state index in [4.69, 9.17) is 0 Å². The van der Waals surface area contributed by atoms with Gasteiger partial charge in [0.1, 0.15) is 0 Å². The van der Waals surface area contributed by atoms with Crippen LogP contribution >= 0.6 is 0 Å². The monoisotopic (exact) mass is 512 g/mol. The summed E-state index contributed by atoms with van der Waals surface area (Å²) in [5.41, 5.74) is 2.17. The number of nitrogens with zero attached hydrogens (tertiary/aromatic N) is 2. The minimum absolute atomic E-state index is 0.0740. The summed E-state index contributed by atoms with van der Waals surface area (Å²) >= 11 is 0. The van der Waals surface area contributed by atoms with Gasteiger partial charge in [-0.3, -0.25) is 9.36 Å². The van der Waals surface area contributed by atoms with Crippen molar-refractivity contribution in [2.24, 2.45) is 0 Å². The molecule has 0 saturated carbocycles. The van der Waals surface area contributed by atoms with Crippen LogP contribution in [-0.2, 0) is 19.4 Å². The molecular formula is C30H28N2O6. The second-order valence-electron chi connectivity index (χ2n) is 9.01. The van der Waals surface area contributed by atoms with Crippen LogP contribution < -0.4 is 5.69 Å². The maximum absolute atomic E-state index is 13.5. The minimum atomic E-state index is -1.33. The van der Waals surface area contributed by atoms with Gasteiger partial charge in [0.05, 0.1) is 24.2 Å². The minimum Gasteiger partial charge on any atom is -0.478 e. The summed E-state index contributed by atoms with van der Waals surface area (Å²) < 4.78 is 2.15. The highest BCUT2D eigenvalue weighted by Crippen LogP contribution is 2.25. The lowest BCUT2D eigenvalue weighted by atomic mass is 9.99. The summed E-state index contributed by atoms with van der Waals surface area (Å²) in [4.78, 5) is 50.6. The zero-order chi connectivity index (χ0) is 27.2. The van der Waals surface area contributed by atoms with Crippen LogP contribution in [0.5, 0.6) is 0 Å². The molecular weight excluding hydrogens is 484 g/mol. The molecule has 1 heterocycles. The van der Waals surface area contributed by atoms with Crippen molar-refractivity contribution < 1.29 is 24.6 Å². The van der Waals surface area contributed by atoms with Crippen LogP contribution in [0.4, 0.5) is 0 Å². The van der Waals surface area contributed by atoms with E-state index in [0.717, 1.165) is 11.0 Å². The van der Waals surface area contributed by atoms with Crippen LogP contribution in [0.25, 0.3) is 11.1 Å². The molecule has 8 nitrogen and oxygen atoms in total. The number of rotatable bonds is 10. The second-order valence-corrected chi connectivity index (χ2v) is 9.01. The largest absolute Gasteiger partial charge is 0.478 e. The van der Waals surface area contributed by atoms with Gasteiger partial charge >= 0.3 is 17.6 Å². The number of carbonyl (C=O) groups is 3. The van der Waals surface area contributed by atoms with E-state index >= 15 is 0 Å². The van der Waals surface area contributed by atoms with Crippen molar-refractivity contribution in [1.82, 2.24) is 9.13 Å². The zero-order valence-corrected chi connectivity index (χ0v) is 21.0. The summed E-state index contributed by atoms with van der Waals surface area (Å²) in [6.07, 6.45) is 1.68. The first-order valence-electron chi connectivity index (χ1n) is 12.4. The van der Waals surface area contributed by atoms with Crippen LogP contribution in [0, 0.1) is 0 Å². The molecule has 0 bridgehead atoms. The molecule has 0 unspecified atom stereocenters. The number of hydrogen-bond acceptors (Lipinski definition) is 4. The normalized spacial score (nSPS) is 10.9. The molecule has 3 aromatic carbocycles. The topological polar surface area (TPSA) is 119 Å². The molecule has 0 aliphatic carbocycles. The van der Waals surface area contributed by atoms with Gasteiger partial charge in [0.15, 0.2) is 5.69 Å². The molecule has 0 radical (unpaired) electrons. The molecule has 4 aromatic rings. The Bertz CT molecular complexity index is 1530. The van der Waals surface area contributed by atoms with Gasteiger partial charge in [0.25, 0.3) is 0 Å². The summed E-state index contributed by atoms with van der Waals surface area (Å²) in [7, 11) is 0. The molecule has 1 aromatic heterocycles. The number of carboxylic acid groups (broad SMARTS) is 2. The van der Waals surface area contributed by atoms with E-state index in [0.29, 0.717) is 40.8 Å². The van der Waals surface area contributed by atoms with E-state index in [9.17, 15) is 29.4 Å². The first-order valence-corrected chi connectivity index (χ1v) is 12.4. The Morgan fingerprint density at radius 3 is 2.08 bits per heavy atom. The molecule has 194 valence electrons. The molecule has 0 fully saturated rings. The number of imidazole rings is 1. The predicted molar refractivity (Wildman–Crippen MR) is 143 cm³/mol. The van der Waals surface area contributed by atoms with Crippen LogP contribution in [0.15, 0.2) is 83.7 Å². The maximum Gasteiger partial charge on any atom is 0.354 e. The molecule has 0 atom stereocenters. The lowest BCUT2D eigenvalue weighted by Gasteiger charge is -2.10. The Kier molecular flexibility index (Phi) is 8.01. The predicted octanol–water partition coefficient (Wildman–Crippen LogP) is 4.99. The van der Waals surface area contributed by atoms with E-state index in [2.05, 4.69) is 0 Å². The molecule has 0 aliphatic heterocycles. The molecule has 8 heteroatoms. The van der Waals surface area contributed by atoms with Crippen molar-refractivity contribution in [3.05, 3.63) is 117 Å². The Morgan fingerprint density at radius 1 is 0.789 bits per heavy atom. The van der Waals surface area contributed by atoms with E-state index in [1.54, 1.807) is 66.7 Å². The molecule has 2 N–H and O–H groups in total. The highest BCUT2D eigenvalue weighted by Gasteiger charge is 2.28. The lowest BCUT2D eigenvalue weighted by molar-refractivity contribution is 0.0668. The fraction of sp³-hybridized carbons (Fsp3) is 0.200. The van der Waals surface area contributed by atoms with Gasteiger partial charge in [0, 0.05) is 0 Å². The van der Waals surface area contributed by atoms with Crippen LogP contribution in [-0.4, -0.2) is 37.2 Å². The zero-order valence-electron chi connectivity index (χ0n) is 21.0. The van der Waals surface area contributed by atoms with Gasteiger partial charge in [-0.15, -0.1) is 0 Å². The lowest BCUT2D eigenvalue weighted by Crippen LogP contribution is -2.32. The fourth-order valence-corrected chi connectivity index (χ4v) is 4.54. The molecule has 0 amide bonds. The summed E-state index contributed by atoms with van der Waals surface area (Å²) in [6, 6.07) is 22.6. The number of unbranched alkanes of at least 4 members (excludes halogenated alkanes) is 1. The number of hydrogen-bond donors (Lipinski definition) is 2. The smallest absolute Gasteiger partial charge is 0.354 e. The SMILES string of the molecule is CCCCc1c(C(=O)O)n(C(=O)Cc2ccccc2)c(=O)n1Cc1ccc(-c2ccccc2C(=O)O)cc1. The van der Waals surface area contributed by atoms with Gasteiger partial charge < -0.3 is 10.2 Å². The van der Waals surface area contributed by atoms with Crippen molar-refractivity contribution in [3.63, 3.8) is 0 Å². The maximum atomic E-state index is 13.5. The van der Waals surface area contributed by atoms with Crippen LogP contribution in [0.3, 0.4) is 0 Å². The quantitative estimate of drug-likeness (QED) is 0.309. The average molecular weight is 513 g/mol. The Balaban J connectivity index is 1.73. The summed E-state index contributed by atoms with van der Waals surface area (Å²) in [5, 5.41) is 19.5. The van der Waals surface area contributed by atoms with E-state index in [-0.39, 0.29) is 24.2 Å². The van der Waals surface area contributed by atoms with E-state index in [1.807, 2.05) is 13.0 Å². The average Bonchev–Trinajstić information content (AvgIpc) is 3.19. The number of aromatic nitrogens is 2. The first-order chi connectivity index (χ1) is 18.3. The van der Waals surface area contributed by atoms with E-state index < -0.39 is 23.5 Å². The van der Waals surface area contributed by atoms with Crippen molar-refractivity contribution in [3.8, 4) is 11.1 Å². The Labute approximate surface area is 219 Å². The highest BCUT2D eigenvalue weighted by molar-refractivity contribution is 5.96. The molecule has 0 spiro atoms. The van der Waals surface area contributed by atoms with Crippen molar-refractivity contribution in [2.75, 3.05) is 0 Å². The van der Waals surface area contributed by atoms with Crippen molar-refractivity contribution >= 4 is 17.8 Å². The van der Waals surface area contributed by atoms with Crippen molar-refractivity contribution in [1.29, 1.82) is 0 Å². The number of carbonyl (C=O) groups excluding carboxylic acids is 1. The third kappa shape index (κ3) is 5.49. The Hall–Kier alpha value is -4.72.